The van der Waals surface area contributed by atoms with E-state index in [-0.39, 0.29) is 6.42 Å². The molecule has 2 atom stereocenters. The van der Waals surface area contributed by atoms with Crippen LogP contribution < -0.4 is 0 Å². The van der Waals surface area contributed by atoms with Gasteiger partial charge in [-0.1, -0.05) is 0 Å². The molecule has 0 saturated heterocycles. The third kappa shape index (κ3) is 0.757. The standard InChI is InChI=1S/C5H4ClNO2/c6-5(4(8)9)1-3(5)2-7/h3H,1H2,(H,8,9). The summed E-state index contributed by atoms with van der Waals surface area (Å²) >= 11 is 5.42. The number of alkyl halides is 1. The Labute approximate surface area is 56.8 Å². The molecule has 1 aliphatic rings. The highest BCUT2D eigenvalue weighted by molar-refractivity contribution is 6.36. The molecule has 9 heavy (non-hydrogen) atoms. The molecule has 1 aliphatic carbocycles. The van der Waals surface area contributed by atoms with E-state index in [4.69, 9.17) is 22.0 Å². The number of nitriles is 1. The molecule has 0 aromatic heterocycles. The minimum Gasteiger partial charge on any atom is -0.480 e. The molecule has 0 aromatic carbocycles. The summed E-state index contributed by atoms with van der Waals surface area (Å²) in [6.45, 7) is 0. The fraction of sp³-hybridized carbons (Fsp3) is 0.600. The molecule has 2 unspecified atom stereocenters. The molecular formula is C5H4ClNO2. The summed E-state index contributed by atoms with van der Waals surface area (Å²) in [4.78, 5) is 8.91. The summed E-state index contributed by atoms with van der Waals surface area (Å²) in [5.41, 5.74) is 0. The lowest BCUT2D eigenvalue weighted by Gasteiger charge is -1.93. The zero-order chi connectivity index (χ0) is 7.07. The van der Waals surface area contributed by atoms with Crippen LogP contribution in [0.2, 0.25) is 0 Å². The molecular weight excluding hydrogens is 142 g/mol. The van der Waals surface area contributed by atoms with Crippen LogP contribution in [0.4, 0.5) is 0 Å². The number of aliphatic carboxylic acids is 1. The Kier molecular flexibility index (Phi) is 1.14. The van der Waals surface area contributed by atoms with Gasteiger partial charge in [0.25, 0.3) is 0 Å². The van der Waals surface area contributed by atoms with Gasteiger partial charge in [-0.25, -0.2) is 0 Å². The molecule has 48 valence electrons. The van der Waals surface area contributed by atoms with Crippen molar-refractivity contribution >= 4 is 17.6 Å². The molecule has 1 saturated carbocycles. The first-order valence-electron chi connectivity index (χ1n) is 2.43. The van der Waals surface area contributed by atoms with E-state index in [1.165, 1.54) is 0 Å². The summed E-state index contributed by atoms with van der Waals surface area (Å²) < 4.78 is 0. The molecule has 0 spiro atoms. The van der Waals surface area contributed by atoms with Crippen LogP contribution in [0.1, 0.15) is 6.42 Å². The predicted molar refractivity (Wildman–Crippen MR) is 29.9 cm³/mol. The molecule has 1 rings (SSSR count). The Bertz CT molecular complexity index is 198. The fourth-order valence-electron chi connectivity index (χ4n) is 0.622. The van der Waals surface area contributed by atoms with Crippen LogP contribution in [0, 0.1) is 17.2 Å². The third-order valence-corrected chi connectivity index (χ3v) is 1.98. The van der Waals surface area contributed by atoms with Crippen molar-refractivity contribution in [1.82, 2.24) is 0 Å². The van der Waals surface area contributed by atoms with Crippen molar-refractivity contribution in [3.63, 3.8) is 0 Å². The van der Waals surface area contributed by atoms with E-state index in [2.05, 4.69) is 0 Å². The minimum atomic E-state index is -1.26. The molecule has 0 aliphatic heterocycles. The first-order chi connectivity index (χ1) is 4.11. The summed E-state index contributed by atoms with van der Waals surface area (Å²) in [6, 6.07) is 1.80. The average Bonchev–Trinajstić information content (AvgIpc) is 2.44. The van der Waals surface area contributed by atoms with Gasteiger partial charge in [0.05, 0.1) is 12.0 Å². The van der Waals surface area contributed by atoms with Crippen molar-refractivity contribution < 1.29 is 9.90 Å². The second-order valence-corrected chi connectivity index (χ2v) is 2.73. The summed E-state index contributed by atoms with van der Waals surface area (Å²) in [5.74, 6) is -1.58. The summed E-state index contributed by atoms with van der Waals surface area (Å²) in [6.07, 6.45) is 0.278. The first kappa shape index (κ1) is 6.37. The van der Waals surface area contributed by atoms with Gasteiger partial charge in [-0.15, -0.1) is 11.6 Å². The van der Waals surface area contributed by atoms with Gasteiger partial charge in [-0.3, -0.25) is 4.79 Å². The van der Waals surface area contributed by atoms with E-state index >= 15 is 0 Å². The van der Waals surface area contributed by atoms with Crippen molar-refractivity contribution in [3.8, 4) is 6.07 Å². The molecule has 0 amide bonds. The highest BCUT2D eigenvalue weighted by atomic mass is 35.5. The molecule has 3 nitrogen and oxygen atoms in total. The van der Waals surface area contributed by atoms with Crippen LogP contribution in [0.15, 0.2) is 0 Å². The summed E-state index contributed by atoms with van der Waals surface area (Å²) in [7, 11) is 0. The maximum absolute atomic E-state index is 10.2. The summed E-state index contributed by atoms with van der Waals surface area (Å²) in [5, 5.41) is 16.5. The molecule has 0 aromatic rings. The maximum atomic E-state index is 10.2. The molecule has 1 N–H and O–H groups in total. The number of rotatable bonds is 1. The molecule has 4 heteroatoms. The van der Waals surface area contributed by atoms with Gasteiger partial charge in [0, 0.05) is 0 Å². The van der Waals surface area contributed by atoms with Crippen LogP contribution >= 0.6 is 11.6 Å². The lowest BCUT2D eigenvalue weighted by Crippen LogP contribution is -2.16. The van der Waals surface area contributed by atoms with Gasteiger partial charge >= 0.3 is 5.97 Å². The van der Waals surface area contributed by atoms with E-state index in [1.54, 1.807) is 6.07 Å². The van der Waals surface area contributed by atoms with Gasteiger partial charge in [0.1, 0.15) is 0 Å². The van der Waals surface area contributed by atoms with Crippen LogP contribution in [0.25, 0.3) is 0 Å². The van der Waals surface area contributed by atoms with Crippen molar-refractivity contribution in [1.29, 1.82) is 5.26 Å². The second-order valence-electron chi connectivity index (χ2n) is 2.05. The van der Waals surface area contributed by atoms with Gasteiger partial charge in [-0.2, -0.15) is 5.26 Å². The first-order valence-corrected chi connectivity index (χ1v) is 2.81. The van der Waals surface area contributed by atoms with Crippen LogP contribution in [0.3, 0.4) is 0 Å². The van der Waals surface area contributed by atoms with E-state index in [0.717, 1.165) is 0 Å². The quantitative estimate of drug-likeness (QED) is 0.550. The Morgan fingerprint density at radius 2 is 2.56 bits per heavy atom. The van der Waals surface area contributed by atoms with Crippen LogP contribution in [-0.4, -0.2) is 16.0 Å². The van der Waals surface area contributed by atoms with Gasteiger partial charge in [-0.05, 0) is 6.42 Å². The highest BCUT2D eigenvalue weighted by Gasteiger charge is 2.60. The second kappa shape index (κ2) is 1.61. The third-order valence-electron chi connectivity index (χ3n) is 1.40. The Morgan fingerprint density at radius 3 is 2.67 bits per heavy atom. The van der Waals surface area contributed by atoms with Crippen molar-refractivity contribution in [2.24, 2.45) is 5.92 Å². The normalized spacial score (nSPS) is 39.3. The molecule has 1 fully saturated rings. The van der Waals surface area contributed by atoms with Gasteiger partial charge in [0.15, 0.2) is 4.87 Å². The number of nitrogens with zero attached hydrogens (tertiary/aromatic N) is 1. The number of halogens is 1. The van der Waals surface area contributed by atoms with Crippen molar-refractivity contribution in [3.05, 3.63) is 0 Å². The Morgan fingerprint density at radius 1 is 2.00 bits per heavy atom. The van der Waals surface area contributed by atoms with Gasteiger partial charge < -0.3 is 5.11 Å². The molecule has 0 heterocycles. The topological polar surface area (TPSA) is 61.1 Å². The molecule has 0 radical (unpaired) electrons. The minimum absolute atomic E-state index is 0.278. The molecule has 0 bridgehead atoms. The van der Waals surface area contributed by atoms with Crippen molar-refractivity contribution in [2.75, 3.05) is 0 Å². The largest absolute Gasteiger partial charge is 0.480 e. The number of carboxylic acids is 1. The monoisotopic (exact) mass is 145 g/mol. The Hall–Kier alpha value is -0.750. The predicted octanol–water partition coefficient (Wildman–Crippen LogP) is 0.592. The highest BCUT2D eigenvalue weighted by Crippen LogP contribution is 2.49. The van der Waals surface area contributed by atoms with E-state index in [0.29, 0.717) is 0 Å². The average molecular weight is 146 g/mol. The zero-order valence-corrected chi connectivity index (χ0v) is 5.22. The van der Waals surface area contributed by atoms with Crippen molar-refractivity contribution in [2.45, 2.75) is 11.3 Å². The van der Waals surface area contributed by atoms with Gasteiger partial charge in [0.2, 0.25) is 0 Å². The SMILES string of the molecule is N#CC1CC1(Cl)C(=O)O. The lowest BCUT2D eigenvalue weighted by atomic mass is 10.3. The number of hydrogen-bond donors (Lipinski definition) is 1. The lowest BCUT2D eigenvalue weighted by molar-refractivity contribution is -0.137. The van der Waals surface area contributed by atoms with Crippen LogP contribution in [0.5, 0.6) is 0 Å². The van der Waals surface area contributed by atoms with E-state index in [1.807, 2.05) is 0 Å². The zero-order valence-electron chi connectivity index (χ0n) is 4.47. The van der Waals surface area contributed by atoms with E-state index in [9.17, 15) is 4.79 Å². The van der Waals surface area contributed by atoms with E-state index < -0.39 is 16.8 Å². The maximum Gasteiger partial charge on any atom is 0.326 e. The number of hydrogen-bond acceptors (Lipinski definition) is 2. The fourth-order valence-corrected chi connectivity index (χ4v) is 0.826. The van der Waals surface area contributed by atoms with Crippen LogP contribution in [-0.2, 0) is 4.79 Å². The smallest absolute Gasteiger partial charge is 0.326 e. The number of carbonyl (C=O) groups is 1. The Balaban J connectivity index is 2.65. The number of carboxylic acid groups (broad SMARTS) is 1.